The van der Waals surface area contributed by atoms with Gasteiger partial charge in [-0.3, -0.25) is 9.69 Å². The van der Waals surface area contributed by atoms with Crippen LogP contribution in [0.25, 0.3) is 0 Å². The summed E-state index contributed by atoms with van der Waals surface area (Å²) in [4.78, 5) is 15.1. The summed E-state index contributed by atoms with van der Waals surface area (Å²) in [5.41, 5.74) is 0.700. The van der Waals surface area contributed by atoms with E-state index >= 15 is 0 Å². The van der Waals surface area contributed by atoms with Crippen molar-refractivity contribution < 1.29 is 14.3 Å². The monoisotopic (exact) mass is 424 g/mol. The van der Waals surface area contributed by atoms with Crippen LogP contribution in [0.1, 0.15) is 25.7 Å². The van der Waals surface area contributed by atoms with Crippen molar-refractivity contribution in [1.82, 2.24) is 4.90 Å². The number of hydrogen-bond donors (Lipinski definition) is 1. The number of ether oxygens (including phenoxy) is 2. The minimum absolute atomic E-state index is 0.0578. The molecular formula is C21H32N2O3S2. The second kappa shape index (κ2) is 11.2. The van der Waals surface area contributed by atoms with E-state index in [1.165, 1.54) is 48.9 Å². The number of piperidine rings is 1. The van der Waals surface area contributed by atoms with E-state index in [9.17, 15) is 4.79 Å². The predicted molar refractivity (Wildman–Crippen MR) is 120 cm³/mol. The van der Waals surface area contributed by atoms with Crippen molar-refractivity contribution in [3.8, 4) is 11.5 Å². The van der Waals surface area contributed by atoms with Crippen LogP contribution in [-0.4, -0.2) is 67.2 Å². The van der Waals surface area contributed by atoms with Crippen molar-refractivity contribution in [2.24, 2.45) is 5.92 Å². The van der Waals surface area contributed by atoms with E-state index in [2.05, 4.69) is 33.7 Å². The van der Waals surface area contributed by atoms with Gasteiger partial charge in [-0.1, -0.05) is 0 Å². The zero-order valence-corrected chi connectivity index (χ0v) is 18.6. The second-order valence-corrected chi connectivity index (χ2v) is 9.74. The molecule has 0 aromatic heterocycles. The van der Waals surface area contributed by atoms with Crippen LogP contribution in [0.5, 0.6) is 11.5 Å². The molecule has 2 aliphatic heterocycles. The quantitative estimate of drug-likeness (QED) is 0.714. The highest BCUT2D eigenvalue weighted by molar-refractivity contribution is 8.03. The molecule has 1 N–H and O–H groups in total. The fourth-order valence-corrected chi connectivity index (χ4v) is 6.50. The lowest BCUT2D eigenvalue weighted by Crippen LogP contribution is -2.44. The van der Waals surface area contributed by atoms with Crippen LogP contribution in [-0.2, 0) is 4.79 Å². The van der Waals surface area contributed by atoms with Gasteiger partial charge in [0.25, 0.3) is 0 Å². The third kappa shape index (κ3) is 6.22. The van der Waals surface area contributed by atoms with Gasteiger partial charge in [-0.25, -0.2) is 0 Å². The molecule has 3 rings (SSSR count). The maximum atomic E-state index is 12.4. The minimum Gasteiger partial charge on any atom is -0.497 e. The average molecular weight is 425 g/mol. The number of benzene rings is 1. The first-order valence-corrected chi connectivity index (χ1v) is 12.4. The zero-order chi connectivity index (χ0) is 19.8. The van der Waals surface area contributed by atoms with Crippen molar-refractivity contribution in [2.75, 3.05) is 55.6 Å². The Balaban J connectivity index is 1.41. The van der Waals surface area contributed by atoms with Gasteiger partial charge >= 0.3 is 0 Å². The number of likely N-dealkylation sites (tertiary alicyclic amines) is 1. The van der Waals surface area contributed by atoms with E-state index in [1.807, 2.05) is 12.1 Å². The molecule has 0 unspecified atom stereocenters. The Labute approximate surface area is 177 Å². The topological polar surface area (TPSA) is 50.8 Å². The average Bonchev–Trinajstić information content (AvgIpc) is 3.02. The zero-order valence-electron chi connectivity index (χ0n) is 16.9. The number of rotatable bonds is 7. The van der Waals surface area contributed by atoms with Gasteiger partial charge in [0.1, 0.15) is 11.5 Å². The summed E-state index contributed by atoms with van der Waals surface area (Å²) in [6, 6.07) is 6.19. The number of anilines is 1. The van der Waals surface area contributed by atoms with Crippen LogP contribution in [0.3, 0.4) is 0 Å². The first-order chi connectivity index (χ1) is 13.7. The van der Waals surface area contributed by atoms with Crippen molar-refractivity contribution >= 4 is 35.1 Å². The molecule has 7 heteroatoms. The van der Waals surface area contributed by atoms with Gasteiger partial charge in [0, 0.05) is 41.5 Å². The molecule has 2 heterocycles. The van der Waals surface area contributed by atoms with Crippen molar-refractivity contribution in [2.45, 2.75) is 31.7 Å². The summed E-state index contributed by atoms with van der Waals surface area (Å²) in [7, 11) is 3.22. The van der Waals surface area contributed by atoms with Crippen LogP contribution in [0.2, 0.25) is 0 Å². The summed E-state index contributed by atoms with van der Waals surface area (Å²) in [5, 5.41) is 2.98. The van der Waals surface area contributed by atoms with Crippen LogP contribution < -0.4 is 14.8 Å². The fraction of sp³-hybridized carbons (Fsp3) is 0.667. The molecule has 2 fully saturated rings. The highest BCUT2D eigenvalue weighted by atomic mass is 32.2. The molecule has 1 aromatic rings. The normalized spacial score (nSPS) is 19.8. The molecule has 0 bridgehead atoms. The Morgan fingerprint density at radius 3 is 2.50 bits per heavy atom. The number of hydrogen-bond acceptors (Lipinski definition) is 6. The highest BCUT2D eigenvalue weighted by Crippen LogP contribution is 2.30. The lowest BCUT2D eigenvalue weighted by atomic mass is 9.91. The van der Waals surface area contributed by atoms with Crippen molar-refractivity contribution in [3.05, 3.63) is 18.2 Å². The van der Waals surface area contributed by atoms with E-state index in [-0.39, 0.29) is 5.91 Å². The van der Waals surface area contributed by atoms with E-state index in [0.717, 1.165) is 12.5 Å². The summed E-state index contributed by atoms with van der Waals surface area (Å²) in [6.45, 7) is 2.37. The van der Waals surface area contributed by atoms with Crippen LogP contribution in [0, 0.1) is 5.92 Å². The molecule has 0 radical (unpaired) electrons. The lowest BCUT2D eigenvalue weighted by molar-refractivity contribution is -0.116. The molecule has 0 atom stereocenters. The first-order valence-electron chi connectivity index (χ1n) is 10.1. The molecule has 5 nitrogen and oxygen atoms in total. The Hall–Kier alpha value is -1.05. The van der Waals surface area contributed by atoms with Gasteiger partial charge in [-0.2, -0.15) is 23.5 Å². The Morgan fingerprint density at radius 1 is 1.14 bits per heavy atom. The first kappa shape index (κ1) is 21.7. The number of nitrogens with one attached hydrogen (secondary N) is 1. The van der Waals surface area contributed by atoms with Crippen LogP contribution >= 0.6 is 23.5 Å². The van der Waals surface area contributed by atoms with Gasteiger partial charge in [0.05, 0.1) is 19.9 Å². The van der Waals surface area contributed by atoms with Gasteiger partial charge < -0.3 is 14.8 Å². The number of carbonyl (C=O) groups excluding carboxylic acids is 1. The third-order valence-corrected chi connectivity index (χ3v) is 8.11. The largest absolute Gasteiger partial charge is 0.497 e. The van der Waals surface area contributed by atoms with Gasteiger partial charge in [0.15, 0.2) is 0 Å². The number of methoxy groups -OCH3 is 2. The number of thioether (sulfide) groups is 2. The lowest BCUT2D eigenvalue weighted by Gasteiger charge is -2.37. The predicted octanol–water partition coefficient (Wildman–Crippen LogP) is 3.98. The molecule has 2 saturated heterocycles. The Bertz CT molecular complexity index is 628. The molecule has 1 aromatic carbocycles. The molecule has 156 valence electrons. The molecular weight excluding hydrogens is 392 g/mol. The van der Waals surface area contributed by atoms with Crippen molar-refractivity contribution in [3.63, 3.8) is 0 Å². The summed E-state index contributed by atoms with van der Waals surface area (Å²) in [5.74, 6) is 7.21. The summed E-state index contributed by atoms with van der Waals surface area (Å²) < 4.78 is 10.6. The molecule has 0 saturated carbocycles. The molecule has 1 amide bonds. The number of nitrogens with zero attached hydrogens (tertiary/aromatic N) is 1. The maximum absolute atomic E-state index is 12.4. The fourth-order valence-electron chi connectivity index (χ4n) is 3.87. The second-order valence-electron chi connectivity index (χ2n) is 7.44. The van der Waals surface area contributed by atoms with E-state index < -0.39 is 0 Å². The summed E-state index contributed by atoms with van der Waals surface area (Å²) >= 11 is 4.21. The molecule has 2 aliphatic rings. The molecule has 0 spiro atoms. The Kier molecular flexibility index (Phi) is 8.67. The van der Waals surface area contributed by atoms with Gasteiger partial charge in [0.2, 0.25) is 5.91 Å². The van der Waals surface area contributed by atoms with Gasteiger partial charge in [-0.15, -0.1) is 0 Å². The maximum Gasteiger partial charge on any atom is 0.224 e. The summed E-state index contributed by atoms with van der Waals surface area (Å²) in [6.07, 6.45) is 3.96. The van der Waals surface area contributed by atoms with E-state index in [1.54, 1.807) is 20.3 Å². The highest BCUT2D eigenvalue weighted by Gasteiger charge is 2.26. The molecule has 0 aliphatic carbocycles. The SMILES string of the molecule is COc1ccc(NC(=O)CCC2CCN(C3CSCCSC3)CC2)c(OC)c1. The third-order valence-electron chi connectivity index (χ3n) is 5.62. The van der Waals surface area contributed by atoms with Crippen LogP contribution in [0.4, 0.5) is 5.69 Å². The smallest absolute Gasteiger partial charge is 0.224 e. The van der Waals surface area contributed by atoms with E-state index in [0.29, 0.717) is 29.5 Å². The van der Waals surface area contributed by atoms with Crippen LogP contribution in [0.15, 0.2) is 18.2 Å². The Morgan fingerprint density at radius 2 is 1.86 bits per heavy atom. The standard InChI is InChI=1S/C21H32N2O3S2/c1-25-18-4-5-19(20(13-18)26-2)22-21(24)6-3-16-7-9-23(10-8-16)17-14-27-11-12-28-15-17/h4-5,13,16-17H,3,6-12,14-15H2,1-2H3,(H,22,24). The number of carbonyl (C=O) groups is 1. The minimum atomic E-state index is 0.0578. The van der Waals surface area contributed by atoms with Crippen molar-refractivity contribution in [1.29, 1.82) is 0 Å². The van der Waals surface area contributed by atoms with Gasteiger partial charge in [-0.05, 0) is 50.4 Å². The molecule has 28 heavy (non-hydrogen) atoms. The number of amides is 1. The van der Waals surface area contributed by atoms with E-state index in [4.69, 9.17) is 9.47 Å².